The minimum atomic E-state index is -1.88. The van der Waals surface area contributed by atoms with Crippen LogP contribution in [-0.2, 0) is 8.85 Å². The van der Waals surface area contributed by atoms with Gasteiger partial charge < -0.3 is 14.1 Å². The van der Waals surface area contributed by atoms with E-state index < -0.39 is 16.6 Å². The zero-order valence-electron chi connectivity index (χ0n) is 18.4. The molecule has 1 unspecified atom stereocenters. The Kier molecular flexibility index (Phi) is 6.81. The summed E-state index contributed by atoms with van der Waals surface area (Å²) in [6, 6.07) is 0. The van der Waals surface area contributed by atoms with Gasteiger partial charge in [0.15, 0.2) is 16.6 Å². The highest BCUT2D eigenvalue weighted by atomic mass is 28.4. The van der Waals surface area contributed by atoms with Gasteiger partial charge in [0.25, 0.3) is 0 Å². The zero-order valence-corrected chi connectivity index (χ0v) is 20.4. The van der Waals surface area contributed by atoms with Gasteiger partial charge in [-0.1, -0.05) is 53.6 Å². The Labute approximate surface area is 157 Å². The van der Waals surface area contributed by atoms with Gasteiger partial charge >= 0.3 is 0 Å². The molecule has 148 valence electrons. The molecule has 6 heteroatoms. The molecular weight excluding hydrogens is 346 g/mol. The van der Waals surface area contributed by atoms with Crippen LogP contribution in [0.25, 0.3) is 0 Å². The fourth-order valence-electron chi connectivity index (χ4n) is 2.70. The molecule has 25 heavy (non-hydrogen) atoms. The molecular formula is C19H41NO3Si2. The summed E-state index contributed by atoms with van der Waals surface area (Å²) in [5, 5.41) is 13.4. The average molecular weight is 388 g/mol. The molecule has 0 aromatic heterocycles. The summed E-state index contributed by atoms with van der Waals surface area (Å²) in [6.45, 7) is 24.8. The number of hydrogen-bond acceptors (Lipinski definition) is 4. The molecule has 4 nitrogen and oxygen atoms in total. The van der Waals surface area contributed by atoms with Crippen molar-refractivity contribution in [3.8, 4) is 0 Å². The number of rotatable bonds is 4. The maximum Gasteiger partial charge on any atom is 0.192 e. The van der Waals surface area contributed by atoms with Crippen molar-refractivity contribution >= 4 is 22.3 Å². The summed E-state index contributed by atoms with van der Waals surface area (Å²) in [5.74, 6) is 0.137. The van der Waals surface area contributed by atoms with Gasteiger partial charge in [-0.25, -0.2) is 0 Å². The van der Waals surface area contributed by atoms with Gasteiger partial charge in [-0.05, 0) is 42.7 Å². The lowest BCUT2D eigenvalue weighted by molar-refractivity contribution is 0.0618. The second-order valence-electron chi connectivity index (χ2n) is 10.7. The second kappa shape index (κ2) is 7.45. The first-order valence-electron chi connectivity index (χ1n) is 9.58. The normalized spacial score (nSPS) is 28.4. The van der Waals surface area contributed by atoms with Gasteiger partial charge in [-0.15, -0.1) is 0 Å². The van der Waals surface area contributed by atoms with E-state index in [0.717, 1.165) is 12.1 Å². The lowest BCUT2D eigenvalue weighted by Crippen LogP contribution is -2.52. The fraction of sp³-hybridized carbons (Fsp3) is 0.947. The summed E-state index contributed by atoms with van der Waals surface area (Å²) < 4.78 is 13.3. The Bertz CT molecular complexity index is 490. The molecule has 3 atom stereocenters. The van der Waals surface area contributed by atoms with Crippen molar-refractivity contribution in [3.63, 3.8) is 0 Å². The Morgan fingerprint density at radius 2 is 1.36 bits per heavy atom. The highest BCUT2D eigenvalue weighted by molar-refractivity contribution is 6.74. The molecule has 0 spiro atoms. The van der Waals surface area contributed by atoms with E-state index in [-0.39, 0.29) is 28.2 Å². The van der Waals surface area contributed by atoms with Crippen molar-refractivity contribution in [2.75, 3.05) is 0 Å². The molecule has 1 fully saturated rings. The monoisotopic (exact) mass is 387 g/mol. The van der Waals surface area contributed by atoms with Crippen molar-refractivity contribution in [1.82, 2.24) is 0 Å². The summed E-state index contributed by atoms with van der Waals surface area (Å²) >= 11 is 0. The lowest BCUT2D eigenvalue weighted by atomic mass is 9.84. The van der Waals surface area contributed by atoms with E-state index in [0.29, 0.717) is 6.42 Å². The van der Waals surface area contributed by atoms with Gasteiger partial charge in [-0.2, -0.15) is 0 Å². The molecule has 0 radical (unpaired) electrons. The van der Waals surface area contributed by atoms with Crippen LogP contribution in [0.4, 0.5) is 0 Å². The number of hydrogen-bond donors (Lipinski definition) is 1. The molecule has 0 aromatic carbocycles. The van der Waals surface area contributed by atoms with Crippen LogP contribution < -0.4 is 0 Å². The van der Waals surface area contributed by atoms with Gasteiger partial charge in [0.2, 0.25) is 0 Å². The van der Waals surface area contributed by atoms with Crippen LogP contribution in [0, 0.1) is 5.92 Å². The van der Waals surface area contributed by atoms with Crippen LogP contribution in [0.15, 0.2) is 5.16 Å². The predicted molar refractivity (Wildman–Crippen MR) is 112 cm³/mol. The van der Waals surface area contributed by atoms with Crippen LogP contribution in [-0.4, -0.2) is 39.8 Å². The Morgan fingerprint density at radius 3 is 1.76 bits per heavy atom. The van der Waals surface area contributed by atoms with Crippen LogP contribution in [0.2, 0.25) is 36.3 Å². The molecule has 1 aliphatic carbocycles. The summed E-state index contributed by atoms with van der Waals surface area (Å²) in [6.07, 6.45) is 1.74. The fourth-order valence-corrected chi connectivity index (χ4v) is 5.48. The second-order valence-corrected chi connectivity index (χ2v) is 20.2. The highest BCUT2D eigenvalue weighted by Crippen LogP contribution is 2.42. The lowest BCUT2D eigenvalue weighted by Gasteiger charge is -2.46. The van der Waals surface area contributed by atoms with Gasteiger partial charge in [0, 0.05) is 12.3 Å². The van der Waals surface area contributed by atoms with E-state index >= 15 is 0 Å². The first-order valence-corrected chi connectivity index (χ1v) is 15.4. The maximum absolute atomic E-state index is 9.51. The number of oxime groups is 1. The quantitative estimate of drug-likeness (QED) is 0.364. The predicted octanol–water partition coefficient (Wildman–Crippen LogP) is 6.03. The number of nitrogens with zero attached hydrogens (tertiary/aromatic N) is 1. The van der Waals surface area contributed by atoms with Crippen LogP contribution >= 0.6 is 0 Å². The molecule has 0 saturated heterocycles. The smallest absolute Gasteiger partial charge is 0.192 e. The molecule has 1 aliphatic rings. The molecule has 0 amide bonds. The Morgan fingerprint density at radius 1 is 0.920 bits per heavy atom. The third-order valence-corrected chi connectivity index (χ3v) is 15.7. The first-order chi connectivity index (χ1) is 11.0. The van der Waals surface area contributed by atoms with E-state index in [1.165, 1.54) is 0 Å². The molecule has 0 heterocycles. The molecule has 0 aromatic rings. The molecule has 0 bridgehead atoms. The van der Waals surface area contributed by atoms with Crippen molar-refractivity contribution in [2.24, 2.45) is 11.1 Å². The Balaban J connectivity index is 3.00. The van der Waals surface area contributed by atoms with Gasteiger partial charge in [-0.3, -0.25) is 0 Å². The minimum absolute atomic E-state index is 0.0651. The van der Waals surface area contributed by atoms with Crippen molar-refractivity contribution in [3.05, 3.63) is 0 Å². The van der Waals surface area contributed by atoms with Gasteiger partial charge in [0.1, 0.15) is 0 Å². The molecule has 1 N–H and O–H groups in total. The van der Waals surface area contributed by atoms with Crippen LogP contribution in [0.3, 0.4) is 0 Å². The van der Waals surface area contributed by atoms with E-state index in [4.69, 9.17) is 8.85 Å². The average Bonchev–Trinajstić information content (AvgIpc) is 2.38. The van der Waals surface area contributed by atoms with Crippen molar-refractivity contribution in [1.29, 1.82) is 0 Å². The molecule has 0 aliphatic heterocycles. The van der Waals surface area contributed by atoms with E-state index in [1.807, 2.05) is 0 Å². The standard InChI is InChI=1S/C19H41NO3Si2/c1-14-16(20-21)12-15(22-24(8,9)18(2,3)4)13-17(14)23-25(10,11)19(5,6)7/h14-15,17,21H,12-13H2,1-11H3/t14?,15-,17+/m1/s1. The molecule has 1 saturated carbocycles. The van der Waals surface area contributed by atoms with Crippen molar-refractivity contribution < 1.29 is 14.1 Å². The third-order valence-electron chi connectivity index (χ3n) is 6.66. The summed E-state index contributed by atoms with van der Waals surface area (Å²) in [5.41, 5.74) is 0.818. The Hall–Kier alpha value is -0.176. The van der Waals surface area contributed by atoms with Crippen LogP contribution in [0.1, 0.15) is 61.3 Å². The minimum Gasteiger partial charge on any atom is -0.413 e. The third kappa shape index (κ3) is 5.40. The van der Waals surface area contributed by atoms with Gasteiger partial charge in [0.05, 0.1) is 17.9 Å². The maximum atomic E-state index is 9.51. The zero-order chi connectivity index (χ0) is 19.8. The molecule has 1 rings (SSSR count). The van der Waals surface area contributed by atoms with E-state index in [2.05, 4.69) is 79.8 Å². The van der Waals surface area contributed by atoms with Crippen molar-refractivity contribution in [2.45, 2.75) is 110 Å². The highest BCUT2D eigenvalue weighted by Gasteiger charge is 2.45. The largest absolute Gasteiger partial charge is 0.413 e. The van der Waals surface area contributed by atoms with E-state index in [1.54, 1.807) is 0 Å². The summed E-state index contributed by atoms with van der Waals surface area (Å²) in [7, 11) is -3.74. The SMILES string of the molecule is CC1C(=NO)C[C@@H](O[Si](C)(C)C(C)(C)C)C[C@@H]1O[Si](C)(C)C(C)(C)C. The van der Waals surface area contributed by atoms with Crippen LogP contribution in [0.5, 0.6) is 0 Å². The topological polar surface area (TPSA) is 51.1 Å². The first kappa shape index (κ1) is 22.9. The van der Waals surface area contributed by atoms with E-state index in [9.17, 15) is 5.21 Å². The summed E-state index contributed by atoms with van der Waals surface area (Å²) in [4.78, 5) is 0.